The Morgan fingerprint density at radius 2 is 2.43 bits per heavy atom. The lowest BCUT2D eigenvalue weighted by Gasteiger charge is -2.18. The first-order valence-electron chi connectivity index (χ1n) is 4.55. The number of nitrogens with one attached hydrogen (secondary N) is 1. The van der Waals surface area contributed by atoms with Crippen molar-refractivity contribution in [2.75, 3.05) is 13.1 Å². The van der Waals surface area contributed by atoms with E-state index in [-0.39, 0.29) is 11.8 Å². The third kappa shape index (κ3) is 1.74. The number of aromatic nitrogens is 2. The van der Waals surface area contributed by atoms with Gasteiger partial charge >= 0.3 is 11.9 Å². The van der Waals surface area contributed by atoms with E-state index >= 15 is 0 Å². The summed E-state index contributed by atoms with van der Waals surface area (Å²) in [6.45, 7) is 1.78. The number of nitrogens with zero attached hydrogens (tertiary/aromatic N) is 2. The van der Waals surface area contributed by atoms with Crippen LogP contribution in [0.15, 0.2) is 4.42 Å². The van der Waals surface area contributed by atoms with Gasteiger partial charge in [-0.05, 0) is 19.4 Å². The third-order valence-corrected chi connectivity index (χ3v) is 2.27. The van der Waals surface area contributed by atoms with Crippen molar-refractivity contribution in [1.29, 1.82) is 0 Å². The predicted octanol–water partition coefficient (Wildman–Crippen LogP) is 0.235. The van der Waals surface area contributed by atoms with Crippen LogP contribution in [0.1, 0.15) is 35.3 Å². The van der Waals surface area contributed by atoms with Crippen molar-refractivity contribution >= 4 is 5.97 Å². The van der Waals surface area contributed by atoms with Crippen LogP contribution in [0.4, 0.5) is 0 Å². The number of piperidine rings is 1. The molecule has 0 aromatic carbocycles. The molecule has 1 aliphatic heterocycles. The van der Waals surface area contributed by atoms with Gasteiger partial charge in [-0.2, -0.15) is 0 Å². The minimum atomic E-state index is -1.17. The Kier molecular flexibility index (Phi) is 2.45. The first-order valence-corrected chi connectivity index (χ1v) is 4.55. The number of aromatic carboxylic acids is 1. The third-order valence-electron chi connectivity index (χ3n) is 2.27. The molecule has 1 fully saturated rings. The molecule has 1 aromatic rings. The summed E-state index contributed by atoms with van der Waals surface area (Å²) in [5.74, 6) is -0.919. The molecule has 2 rings (SSSR count). The van der Waals surface area contributed by atoms with Crippen molar-refractivity contribution in [3.63, 3.8) is 0 Å². The van der Waals surface area contributed by atoms with E-state index in [1.807, 2.05) is 0 Å². The highest BCUT2D eigenvalue weighted by molar-refractivity contribution is 5.81. The van der Waals surface area contributed by atoms with Crippen LogP contribution >= 0.6 is 0 Å². The predicted molar refractivity (Wildman–Crippen MR) is 46.1 cm³/mol. The molecule has 0 amide bonds. The topological polar surface area (TPSA) is 88.2 Å². The Morgan fingerprint density at radius 1 is 1.57 bits per heavy atom. The number of carboxylic acids is 1. The summed E-state index contributed by atoms with van der Waals surface area (Å²) >= 11 is 0. The summed E-state index contributed by atoms with van der Waals surface area (Å²) in [5.41, 5.74) is 0. The summed E-state index contributed by atoms with van der Waals surface area (Å²) in [6, 6.07) is 0. The highest BCUT2D eigenvalue weighted by atomic mass is 16.4. The molecule has 0 bridgehead atoms. The van der Waals surface area contributed by atoms with Crippen molar-refractivity contribution < 1.29 is 14.3 Å². The maximum atomic E-state index is 10.5. The van der Waals surface area contributed by atoms with Crippen LogP contribution in [0, 0.1) is 0 Å². The molecule has 0 saturated carbocycles. The van der Waals surface area contributed by atoms with E-state index in [0.717, 1.165) is 25.9 Å². The number of rotatable bonds is 2. The molecule has 0 spiro atoms. The maximum Gasteiger partial charge on any atom is 0.393 e. The summed E-state index contributed by atoms with van der Waals surface area (Å²) in [7, 11) is 0. The van der Waals surface area contributed by atoms with Crippen LogP contribution in [-0.4, -0.2) is 34.4 Å². The molecule has 6 heteroatoms. The Labute approximate surface area is 80.3 Å². The number of hydrogen-bond acceptors (Lipinski definition) is 5. The summed E-state index contributed by atoms with van der Waals surface area (Å²) in [6.07, 6.45) is 2.02. The molecule has 1 unspecified atom stereocenters. The van der Waals surface area contributed by atoms with E-state index in [0.29, 0.717) is 5.89 Å². The van der Waals surface area contributed by atoms with Crippen molar-refractivity contribution in [2.24, 2.45) is 0 Å². The smallest absolute Gasteiger partial charge is 0.393 e. The molecule has 76 valence electrons. The zero-order valence-electron chi connectivity index (χ0n) is 7.56. The lowest BCUT2D eigenvalue weighted by molar-refractivity contribution is 0.0650. The van der Waals surface area contributed by atoms with Gasteiger partial charge in [0.05, 0.1) is 0 Å². The lowest BCUT2D eigenvalue weighted by atomic mass is 10.00. The normalized spacial score (nSPS) is 22.1. The second-order valence-electron chi connectivity index (χ2n) is 3.29. The second-order valence-corrected chi connectivity index (χ2v) is 3.29. The fourth-order valence-corrected chi connectivity index (χ4v) is 1.55. The Bertz CT molecular complexity index is 330. The van der Waals surface area contributed by atoms with Gasteiger partial charge in [-0.15, -0.1) is 10.2 Å². The molecule has 0 aliphatic carbocycles. The minimum Gasteiger partial charge on any atom is -0.474 e. The first kappa shape index (κ1) is 9.14. The van der Waals surface area contributed by atoms with Crippen molar-refractivity contribution in [2.45, 2.75) is 18.8 Å². The highest BCUT2D eigenvalue weighted by Crippen LogP contribution is 2.21. The maximum absolute atomic E-state index is 10.5. The molecule has 1 aromatic heterocycles. The van der Waals surface area contributed by atoms with E-state index in [1.165, 1.54) is 0 Å². The van der Waals surface area contributed by atoms with Crippen LogP contribution in [0.5, 0.6) is 0 Å². The van der Waals surface area contributed by atoms with Gasteiger partial charge in [0.25, 0.3) is 0 Å². The zero-order chi connectivity index (χ0) is 9.97. The van der Waals surface area contributed by atoms with Gasteiger partial charge < -0.3 is 14.8 Å². The van der Waals surface area contributed by atoms with E-state index in [4.69, 9.17) is 9.52 Å². The van der Waals surface area contributed by atoms with Gasteiger partial charge in [0.15, 0.2) is 0 Å². The number of carboxylic acid groups (broad SMARTS) is 1. The molecule has 1 saturated heterocycles. The average Bonchev–Trinajstić information content (AvgIpc) is 2.68. The minimum absolute atomic E-state index is 0.157. The average molecular weight is 197 g/mol. The summed E-state index contributed by atoms with van der Waals surface area (Å²) in [5, 5.41) is 19.0. The van der Waals surface area contributed by atoms with Gasteiger partial charge in [-0.25, -0.2) is 4.79 Å². The number of carbonyl (C=O) groups is 1. The summed E-state index contributed by atoms with van der Waals surface area (Å²) in [4.78, 5) is 10.5. The van der Waals surface area contributed by atoms with Crippen LogP contribution < -0.4 is 5.32 Å². The Balaban J connectivity index is 2.11. The lowest BCUT2D eigenvalue weighted by Crippen LogP contribution is -2.28. The molecular weight excluding hydrogens is 186 g/mol. The standard InChI is InChI=1S/C8H11N3O3/c12-8(13)7-11-10-6(14-7)5-2-1-3-9-4-5/h5,9H,1-4H2,(H,12,13). The number of hydrogen-bond donors (Lipinski definition) is 2. The molecule has 1 aliphatic rings. The highest BCUT2D eigenvalue weighted by Gasteiger charge is 2.22. The zero-order valence-corrected chi connectivity index (χ0v) is 7.56. The molecule has 6 nitrogen and oxygen atoms in total. The van der Waals surface area contributed by atoms with Crippen molar-refractivity contribution in [3.05, 3.63) is 11.8 Å². The van der Waals surface area contributed by atoms with Gasteiger partial charge in [0, 0.05) is 12.5 Å². The monoisotopic (exact) mass is 197 g/mol. The van der Waals surface area contributed by atoms with Crippen molar-refractivity contribution in [1.82, 2.24) is 15.5 Å². The van der Waals surface area contributed by atoms with Gasteiger partial charge in [0.1, 0.15) is 0 Å². The van der Waals surface area contributed by atoms with Crippen LogP contribution in [0.2, 0.25) is 0 Å². The molecule has 2 N–H and O–H groups in total. The Hall–Kier alpha value is -1.43. The largest absolute Gasteiger partial charge is 0.474 e. The van der Waals surface area contributed by atoms with E-state index in [1.54, 1.807) is 0 Å². The quantitative estimate of drug-likeness (QED) is 0.705. The van der Waals surface area contributed by atoms with Gasteiger partial charge in [-0.3, -0.25) is 0 Å². The molecule has 0 radical (unpaired) electrons. The molecule has 1 atom stereocenters. The fraction of sp³-hybridized carbons (Fsp3) is 0.625. The first-order chi connectivity index (χ1) is 6.77. The van der Waals surface area contributed by atoms with Crippen LogP contribution in [0.25, 0.3) is 0 Å². The molecular formula is C8H11N3O3. The fourth-order valence-electron chi connectivity index (χ4n) is 1.55. The van der Waals surface area contributed by atoms with E-state index in [9.17, 15) is 4.79 Å². The summed E-state index contributed by atoms with van der Waals surface area (Å²) < 4.78 is 5.02. The van der Waals surface area contributed by atoms with Crippen LogP contribution in [-0.2, 0) is 0 Å². The van der Waals surface area contributed by atoms with Gasteiger partial charge in [-0.1, -0.05) is 0 Å². The van der Waals surface area contributed by atoms with Gasteiger partial charge in [0.2, 0.25) is 5.89 Å². The van der Waals surface area contributed by atoms with Crippen molar-refractivity contribution in [3.8, 4) is 0 Å². The molecule has 14 heavy (non-hydrogen) atoms. The Morgan fingerprint density at radius 3 is 3.00 bits per heavy atom. The van der Waals surface area contributed by atoms with E-state index < -0.39 is 5.97 Å². The van der Waals surface area contributed by atoms with E-state index in [2.05, 4.69) is 15.5 Å². The SMILES string of the molecule is O=C(O)c1nnc(C2CCCNC2)o1. The molecule has 2 heterocycles. The van der Waals surface area contributed by atoms with Crippen LogP contribution in [0.3, 0.4) is 0 Å². The second kappa shape index (κ2) is 3.75.